The standard InChI is InChI=1S/C20H17N5O/c1-25-11-10-21-19(25)16-17(12-6-3-2-4-7-12)22-14-9-5-8-13-15(14)18(16)23-24-20(13)26/h2-11,16-17,22H,1H3,(H,24,26). The molecule has 2 unspecified atom stereocenters. The molecule has 1 aliphatic heterocycles. The molecule has 3 heterocycles. The maximum Gasteiger partial charge on any atom is 0.272 e. The van der Waals surface area contributed by atoms with Crippen molar-refractivity contribution in [3.05, 3.63) is 88.4 Å². The second-order valence-electron chi connectivity index (χ2n) is 6.57. The Morgan fingerprint density at radius 2 is 1.92 bits per heavy atom. The predicted octanol–water partition coefficient (Wildman–Crippen LogP) is 2.96. The van der Waals surface area contributed by atoms with Gasteiger partial charge in [0.2, 0.25) is 0 Å². The number of aromatic nitrogens is 4. The van der Waals surface area contributed by atoms with Crippen LogP contribution in [0.3, 0.4) is 0 Å². The fraction of sp³-hybridized carbons (Fsp3) is 0.150. The van der Waals surface area contributed by atoms with E-state index < -0.39 is 0 Å². The summed E-state index contributed by atoms with van der Waals surface area (Å²) in [7, 11) is 1.98. The van der Waals surface area contributed by atoms with E-state index in [2.05, 4.69) is 32.6 Å². The van der Waals surface area contributed by atoms with Crippen molar-refractivity contribution in [1.29, 1.82) is 0 Å². The Bertz CT molecular complexity index is 1160. The van der Waals surface area contributed by atoms with Gasteiger partial charge in [0.15, 0.2) is 0 Å². The Hall–Kier alpha value is -3.41. The molecule has 4 aromatic rings. The number of nitrogens with one attached hydrogen (secondary N) is 2. The first-order chi connectivity index (χ1) is 12.7. The molecule has 0 amide bonds. The molecule has 26 heavy (non-hydrogen) atoms. The smallest absolute Gasteiger partial charge is 0.272 e. The van der Waals surface area contributed by atoms with Crippen LogP contribution in [-0.4, -0.2) is 19.7 Å². The van der Waals surface area contributed by atoms with Gasteiger partial charge in [0.25, 0.3) is 5.56 Å². The first kappa shape index (κ1) is 14.9. The lowest BCUT2D eigenvalue weighted by molar-refractivity contribution is 0.584. The minimum absolute atomic E-state index is 0.0335. The molecule has 0 spiro atoms. The van der Waals surface area contributed by atoms with Gasteiger partial charge in [0.1, 0.15) is 5.82 Å². The van der Waals surface area contributed by atoms with E-state index in [1.165, 1.54) is 0 Å². The van der Waals surface area contributed by atoms with Gasteiger partial charge in [0, 0.05) is 30.5 Å². The highest BCUT2D eigenvalue weighted by Gasteiger charge is 2.36. The molecule has 0 saturated heterocycles. The lowest BCUT2D eigenvalue weighted by Crippen LogP contribution is -2.29. The second-order valence-corrected chi connectivity index (χ2v) is 6.57. The highest BCUT2D eigenvalue weighted by Crippen LogP contribution is 2.45. The first-order valence-corrected chi connectivity index (χ1v) is 8.54. The van der Waals surface area contributed by atoms with E-state index in [9.17, 15) is 4.79 Å². The van der Waals surface area contributed by atoms with Crippen LogP contribution < -0.4 is 10.9 Å². The number of hydrogen-bond acceptors (Lipinski definition) is 4. The number of H-pyrrole nitrogens is 1. The van der Waals surface area contributed by atoms with Crippen molar-refractivity contribution in [3.8, 4) is 0 Å². The van der Waals surface area contributed by atoms with Crippen LogP contribution in [0, 0.1) is 0 Å². The summed E-state index contributed by atoms with van der Waals surface area (Å²) in [5, 5.41) is 12.3. The Morgan fingerprint density at radius 3 is 2.69 bits per heavy atom. The van der Waals surface area contributed by atoms with E-state index in [1.54, 1.807) is 6.20 Å². The molecular formula is C20H17N5O. The molecular weight excluding hydrogens is 326 g/mol. The Balaban J connectivity index is 1.83. The summed E-state index contributed by atoms with van der Waals surface area (Å²) >= 11 is 0. The van der Waals surface area contributed by atoms with Crippen molar-refractivity contribution in [2.24, 2.45) is 7.05 Å². The Kier molecular flexibility index (Phi) is 3.18. The summed E-state index contributed by atoms with van der Waals surface area (Å²) in [6.07, 6.45) is 3.72. The lowest BCUT2D eigenvalue weighted by atomic mass is 9.83. The summed E-state index contributed by atoms with van der Waals surface area (Å²) in [6.45, 7) is 0. The highest BCUT2D eigenvalue weighted by molar-refractivity contribution is 5.97. The number of anilines is 1. The van der Waals surface area contributed by atoms with Gasteiger partial charge in [-0.2, -0.15) is 5.10 Å². The minimum Gasteiger partial charge on any atom is -0.377 e. The van der Waals surface area contributed by atoms with E-state index >= 15 is 0 Å². The van der Waals surface area contributed by atoms with Crippen molar-refractivity contribution in [3.63, 3.8) is 0 Å². The normalized spacial score (nSPS) is 18.7. The zero-order valence-corrected chi connectivity index (χ0v) is 14.2. The van der Waals surface area contributed by atoms with Crippen LogP contribution in [0.5, 0.6) is 0 Å². The minimum atomic E-state index is -0.177. The molecule has 0 saturated carbocycles. The van der Waals surface area contributed by atoms with Gasteiger partial charge in [0.05, 0.1) is 23.0 Å². The van der Waals surface area contributed by atoms with Crippen molar-refractivity contribution in [2.45, 2.75) is 12.0 Å². The van der Waals surface area contributed by atoms with Gasteiger partial charge in [-0.25, -0.2) is 10.1 Å². The zero-order chi connectivity index (χ0) is 17.7. The molecule has 2 aromatic heterocycles. The maximum atomic E-state index is 12.3. The van der Waals surface area contributed by atoms with Crippen molar-refractivity contribution >= 4 is 16.5 Å². The quantitative estimate of drug-likeness (QED) is 0.587. The number of benzene rings is 2. The average Bonchev–Trinajstić information content (AvgIpc) is 3.10. The molecule has 0 aliphatic carbocycles. The summed E-state index contributed by atoms with van der Waals surface area (Å²) in [5.41, 5.74) is 2.74. The molecule has 0 bridgehead atoms. The van der Waals surface area contributed by atoms with E-state index in [1.807, 2.05) is 54.2 Å². The largest absolute Gasteiger partial charge is 0.377 e. The molecule has 2 N–H and O–H groups in total. The van der Waals surface area contributed by atoms with Gasteiger partial charge in [-0.15, -0.1) is 0 Å². The molecule has 2 aromatic carbocycles. The molecule has 5 rings (SSSR count). The fourth-order valence-electron chi connectivity index (χ4n) is 3.88. The molecule has 6 heteroatoms. The van der Waals surface area contributed by atoms with Crippen LogP contribution in [0.1, 0.15) is 29.0 Å². The molecule has 128 valence electrons. The van der Waals surface area contributed by atoms with E-state index in [-0.39, 0.29) is 17.5 Å². The highest BCUT2D eigenvalue weighted by atomic mass is 16.1. The third-order valence-corrected chi connectivity index (χ3v) is 5.08. The predicted molar refractivity (Wildman–Crippen MR) is 100 cm³/mol. The van der Waals surface area contributed by atoms with Gasteiger partial charge < -0.3 is 9.88 Å². The van der Waals surface area contributed by atoms with Gasteiger partial charge in [-0.1, -0.05) is 36.4 Å². The number of aromatic amines is 1. The Morgan fingerprint density at radius 1 is 1.08 bits per heavy atom. The summed E-state index contributed by atoms with van der Waals surface area (Å²) < 4.78 is 2.01. The molecule has 0 radical (unpaired) electrons. The SMILES string of the molecule is Cn1ccnc1C1c2n[nH]c(=O)c3cccc(c23)NC1c1ccccc1. The van der Waals surface area contributed by atoms with Gasteiger partial charge >= 0.3 is 0 Å². The summed E-state index contributed by atoms with van der Waals surface area (Å²) in [6, 6.07) is 16.0. The third-order valence-electron chi connectivity index (χ3n) is 5.08. The fourth-order valence-corrected chi connectivity index (χ4v) is 3.88. The number of aryl methyl sites for hydroxylation is 1. The monoisotopic (exact) mass is 343 g/mol. The van der Waals surface area contributed by atoms with Crippen molar-refractivity contribution in [2.75, 3.05) is 5.32 Å². The molecule has 6 nitrogen and oxygen atoms in total. The van der Waals surface area contributed by atoms with Gasteiger partial charge in [-0.3, -0.25) is 4.79 Å². The number of hydrogen-bond donors (Lipinski definition) is 2. The first-order valence-electron chi connectivity index (χ1n) is 8.54. The second kappa shape index (κ2) is 5.56. The molecule has 1 aliphatic rings. The maximum absolute atomic E-state index is 12.3. The van der Waals surface area contributed by atoms with Crippen LogP contribution in [-0.2, 0) is 7.05 Å². The van der Waals surface area contributed by atoms with Crippen LogP contribution in [0.4, 0.5) is 5.69 Å². The number of imidazole rings is 1. The van der Waals surface area contributed by atoms with Crippen LogP contribution in [0.15, 0.2) is 65.7 Å². The van der Waals surface area contributed by atoms with Crippen LogP contribution >= 0.6 is 0 Å². The van der Waals surface area contributed by atoms with Gasteiger partial charge in [-0.05, 0) is 17.7 Å². The van der Waals surface area contributed by atoms with Crippen molar-refractivity contribution in [1.82, 2.24) is 19.7 Å². The van der Waals surface area contributed by atoms with Crippen LogP contribution in [0.25, 0.3) is 10.8 Å². The number of nitrogens with zero attached hydrogens (tertiary/aromatic N) is 3. The summed E-state index contributed by atoms with van der Waals surface area (Å²) in [4.78, 5) is 16.9. The van der Waals surface area contributed by atoms with E-state index in [0.29, 0.717) is 5.39 Å². The third kappa shape index (κ3) is 2.08. The summed E-state index contributed by atoms with van der Waals surface area (Å²) in [5.74, 6) is 0.786. The van der Waals surface area contributed by atoms with Crippen LogP contribution in [0.2, 0.25) is 0 Å². The number of rotatable bonds is 2. The molecule has 2 atom stereocenters. The lowest BCUT2D eigenvalue weighted by Gasteiger charge is -2.34. The van der Waals surface area contributed by atoms with E-state index in [0.717, 1.165) is 28.2 Å². The Labute approximate surface area is 149 Å². The topological polar surface area (TPSA) is 75.6 Å². The van der Waals surface area contributed by atoms with Crippen molar-refractivity contribution < 1.29 is 0 Å². The average molecular weight is 343 g/mol. The zero-order valence-electron chi connectivity index (χ0n) is 14.2. The molecule has 0 fully saturated rings. The van der Waals surface area contributed by atoms with E-state index in [4.69, 9.17) is 0 Å².